The first-order chi connectivity index (χ1) is 22.9. The van der Waals surface area contributed by atoms with Crippen LogP contribution in [0.1, 0.15) is 136 Å². The van der Waals surface area contributed by atoms with Crippen molar-refractivity contribution in [2.45, 2.75) is 142 Å². The number of nitrogens with zero attached hydrogens (tertiary/aromatic N) is 1. The van der Waals surface area contributed by atoms with Crippen LogP contribution in [0.5, 0.6) is 0 Å². The van der Waals surface area contributed by atoms with E-state index in [-0.39, 0.29) is 17.8 Å². The van der Waals surface area contributed by atoms with E-state index in [0.29, 0.717) is 42.4 Å². The van der Waals surface area contributed by atoms with Crippen LogP contribution in [0, 0.1) is 0 Å². The first-order valence-corrected chi connectivity index (χ1v) is 21.0. The van der Waals surface area contributed by atoms with Crippen molar-refractivity contribution in [2.75, 3.05) is 5.75 Å². The number of hydrogen-bond donors (Lipinski definition) is 1. The van der Waals surface area contributed by atoms with Crippen molar-refractivity contribution in [1.29, 1.82) is 0 Å². The van der Waals surface area contributed by atoms with Crippen LogP contribution in [-0.2, 0) is 36.3 Å². The molecular weight excluding hydrogens is 754 g/mol. The number of sulfonamides is 2. The normalized spacial score (nSPS) is 20.8. The maximum atomic E-state index is 15.2. The highest BCUT2D eigenvalue weighted by Gasteiger charge is 2.83. The van der Waals surface area contributed by atoms with Gasteiger partial charge in [0, 0.05) is 3.87 Å². The molecule has 0 saturated heterocycles. The van der Waals surface area contributed by atoms with Gasteiger partial charge in [-0.2, -0.15) is 47.9 Å². The summed E-state index contributed by atoms with van der Waals surface area (Å²) >= 11 is 0. The predicted molar refractivity (Wildman–Crippen MR) is 164 cm³/mol. The van der Waals surface area contributed by atoms with E-state index in [9.17, 15) is 56.0 Å². The maximum absolute atomic E-state index is 15.2. The minimum Gasteiger partial charge on any atom is -0.285 e. The lowest BCUT2D eigenvalue weighted by molar-refractivity contribution is -0.246. The molecule has 50 heavy (non-hydrogen) atoms. The fraction of sp³-hybridized carbons (Fsp3) is 0.800. The van der Waals surface area contributed by atoms with Gasteiger partial charge in [-0.15, -0.1) is 0 Å². The van der Waals surface area contributed by atoms with Crippen LogP contribution in [-0.4, -0.2) is 62.0 Å². The van der Waals surface area contributed by atoms with Gasteiger partial charge in [0.2, 0.25) is 9.84 Å². The van der Waals surface area contributed by atoms with Gasteiger partial charge in [-0.05, 0) is 85.0 Å². The van der Waals surface area contributed by atoms with Crippen molar-refractivity contribution >= 4 is 29.9 Å². The Morgan fingerprint density at radius 2 is 0.960 bits per heavy atom. The average Bonchev–Trinajstić information content (AvgIpc) is 3.06. The Morgan fingerprint density at radius 3 is 1.34 bits per heavy atom. The second-order valence-electron chi connectivity index (χ2n) is 13.5. The van der Waals surface area contributed by atoms with E-state index in [1.165, 1.54) is 0 Å². The van der Waals surface area contributed by atoms with Crippen LogP contribution in [0.25, 0.3) is 0 Å². The molecule has 0 aromatic heterocycles. The molecule has 3 aliphatic rings. The van der Waals surface area contributed by atoms with Crippen LogP contribution in [0.2, 0.25) is 0 Å². The van der Waals surface area contributed by atoms with E-state index < -0.39 is 67.9 Å². The number of benzene rings is 1. The van der Waals surface area contributed by atoms with Gasteiger partial charge >= 0.3 is 42.0 Å². The van der Waals surface area contributed by atoms with Crippen LogP contribution in [0.3, 0.4) is 0 Å². The highest BCUT2D eigenvalue weighted by atomic mass is 32.3. The molecule has 0 unspecified atom stereocenters. The van der Waals surface area contributed by atoms with E-state index >= 15 is 8.78 Å². The van der Waals surface area contributed by atoms with Crippen molar-refractivity contribution in [3.05, 3.63) is 34.4 Å². The van der Waals surface area contributed by atoms with E-state index in [0.717, 1.165) is 76.2 Å². The SMILES string of the molecule is O=S(=O)(CCc1c(C2CCCCC2)cc(C2CCCCC2)cc1C1CCCCC1)C(F)(F)C(F)(F)C(F)(F)S(=O)(=O)N(O)S(=O)(=O)C(F)(F)F. The van der Waals surface area contributed by atoms with Crippen LogP contribution in [0.4, 0.5) is 39.5 Å². The van der Waals surface area contributed by atoms with E-state index in [1.54, 1.807) is 0 Å². The summed E-state index contributed by atoms with van der Waals surface area (Å²) in [5, 5.41) is -5.54. The van der Waals surface area contributed by atoms with E-state index in [4.69, 9.17) is 5.21 Å². The molecule has 0 aliphatic heterocycles. The second-order valence-corrected chi connectivity index (χ2v) is 19.4. The van der Waals surface area contributed by atoms with Crippen molar-refractivity contribution in [1.82, 2.24) is 3.87 Å². The van der Waals surface area contributed by atoms with Crippen LogP contribution < -0.4 is 0 Å². The molecule has 8 nitrogen and oxygen atoms in total. The Kier molecular flexibility index (Phi) is 12.0. The number of hydrogen-bond acceptors (Lipinski definition) is 7. The topological polar surface area (TPSA) is 126 Å². The van der Waals surface area contributed by atoms with Gasteiger partial charge < -0.3 is 0 Å². The first-order valence-electron chi connectivity index (χ1n) is 16.5. The van der Waals surface area contributed by atoms with Gasteiger partial charge in [-0.25, -0.2) is 16.8 Å². The highest BCUT2D eigenvalue weighted by Crippen LogP contribution is 2.53. The first kappa shape index (κ1) is 41.1. The third-order valence-corrected chi connectivity index (χ3v) is 15.5. The standard InChI is InChI=1S/C30H40F9NO7S3/c31-27(32,29(35,36)49(44,45)40(41)50(46,47)30(37,38)39)28(33,34)48(42,43)17-16-24-25(21-12-6-2-7-13-21)18-23(20-10-4-1-5-11-20)19-26(24)22-14-8-3-9-15-22/h18-22,41H,1-17H2. The summed E-state index contributed by atoms with van der Waals surface area (Å²) in [4.78, 5) is 0. The molecule has 3 fully saturated rings. The Morgan fingerprint density at radius 1 is 0.580 bits per heavy atom. The van der Waals surface area contributed by atoms with Gasteiger partial charge in [0.15, 0.2) is 0 Å². The Bertz CT molecular complexity index is 1660. The summed E-state index contributed by atoms with van der Waals surface area (Å²) in [7, 11) is -22.8. The van der Waals surface area contributed by atoms with Gasteiger partial charge in [0.1, 0.15) is 0 Å². The van der Waals surface area contributed by atoms with Crippen LogP contribution in [0.15, 0.2) is 12.1 Å². The molecule has 0 atom stereocenters. The number of alkyl halides is 9. The molecule has 0 bridgehead atoms. The Balaban J connectivity index is 1.76. The summed E-state index contributed by atoms with van der Waals surface area (Å²) in [6.45, 7) is 0. The van der Waals surface area contributed by atoms with Crippen molar-refractivity contribution in [3.8, 4) is 0 Å². The largest absolute Gasteiger partial charge is 0.514 e. The van der Waals surface area contributed by atoms with E-state index in [2.05, 4.69) is 0 Å². The molecule has 1 aromatic carbocycles. The molecule has 1 N–H and O–H groups in total. The minimum atomic E-state index is -8.25. The molecule has 3 aliphatic carbocycles. The molecule has 3 saturated carbocycles. The zero-order valence-corrected chi connectivity index (χ0v) is 29.3. The molecule has 288 valence electrons. The smallest absolute Gasteiger partial charge is 0.285 e. The summed E-state index contributed by atoms with van der Waals surface area (Å²) in [5.41, 5.74) is -4.22. The lowest BCUT2D eigenvalue weighted by Gasteiger charge is -2.34. The molecule has 0 radical (unpaired) electrons. The zero-order chi connectivity index (χ0) is 37.6. The summed E-state index contributed by atoms with van der Waals surface area (Å²) in [6, 6.07) is 3.81. The van der Waals surface area contributed by atoms with Gasteiger partial charge in [-0.1, -0.05) is 69.9 Å². The zero-order valence-electron chi connectivity index (χ0n) is 26.9. The summed E-state index contributed by atoms with van der Waals surface area (Å²) < 4.78 is 196. The van der Waals surface area contributed by atoms with Crippen molar-refractivity contribution in [2.24, 2.45) is 0 Å². The van der Waals surface area contributed by atoms with Gasteiger partial charge in [0.05, 0.1) is 5.75 Å². The van der Waals surface area contributed by atoms with Gasteiger partial charge in [-0.3, -0.25) is 5.21 Å². The maximum Gasteiger partial charge on any atom is 0.514 e. The Labute approximate surface area is 285 Å². The third kappa shape index (κ3) is 7.42. The van der Waals surface area contributed by atoms with Crippen molar-refractivity contribution < 1.29 is 70.0 Å². The fourth-order valence-electron chi connectivity index (χ4n) is 7.46. The summed E-state index contributed by atoms with van der Waals surface area (Å²) in [5.74, 6) is -9.53. The second kappa shape index (κ2) is 14.6. The quantitative estimate of drug-likeness (QED) is 0.166. The molecular formula is C30H40F9NO7S3. The highest BCUT2D eigenvalue weighted by molar-refractivity contribution is 8.04. The molecule has 0 amide bonds. The van der Waals surface area contributed by atoms with Crippen molar-refractivity contribution in [3.63, 3.8) is 0 Å². The fourth-order valence-corrected chi connectivity index (χ4v) is 11.2. The number of rotatable bonds is 12. The summed E-state index contributed by atoms with van der Waals surface area (Å²) in [6.07, 6.45) is 11.8. The predicted octanol–water partition coefficient (Wildman–Crippen LogP) is 8.48. The molecule has 4 rings (SSSR count). The van der Waals surface area contributed by atoms with Gasteiger partial charge in [0.25, 0.3) is 0 Å². The molecule has 1 aromatic rings. The lowest BCUT2D eigenvalue weighted by Crippen LogP contribution is -2.64. The lowest BCUT2D eigenvalue weighted by atomic mass is 9.73. The monoisotopic (exact) mass is 793 g/mol. The molecule has 0 heterocycles. The minimum absolute atomic E-state index is 0.130. The Hall–Kier alpha value is -1.64. The molecule has 20 heteroatoms. The number of sulfone groups is 1. The van der Waals surface area contributed by atoms with Crippen LogP contribution >= 0.6 is 0 Å². The average molecular weight is 794 g/mol. The van der Waals surface area contributed by atoms with E-state index in [1.807, 2.05) is 12.1 Å². The molecule has 0 spiro atoms. The third-order valence-electron chi connectivity index (χ3n) is 10.3. The number of halogens is 9.